The molecule has 1 N–H and O–H groups in total. The highest BCUT2D eigenvalue weighted by Gasteiger charge is 2.20. The zero-order valence-electron chi connectivity index (χ0n) is 12.2. The van der Waals surface area contributed by atoms with Crippen molar-refractivity contribution in [1.82, 2.24) is 4.98 Å². The molecule has 1 aromatic carbocycles. The Hall–Kier alpha value is -2.68. The summed E-state index contributed by atoms with van der Waals surface area (Å²) >= 11 is 0. The van der Waals surface area contributed by atoms with Crippen LogP contribution in [0.1, 0.15) is 10.4 Å². The van der Waals surface area contributed by atoms with Crippen molar-refractivity contribution in [3.8, 4) is 5.75 Å². The SMILES string of the molecule is COC(=O)c1ccc(S(=O)(=O)Nc2ccncc2F)cc1OC. The third-order valence-electron chi connectivity index (χ3n) is 2.91. The number of esters is 1. The maximum Gasteiger partial charge on any atom is 0.341 e. The van der Waals surface area contributed by atoms with Crippen LogP contribution in [0.25, 0.3) is 0 Å². The van der Waals surface area contributed by atoms with Crippen molar-refractivity contribution in [3.63, 3.8) is 0 Å². The van der Waals surface area contributed by atoms with E-state index in [0.717, 1.165) is 12.3 Å². The average molecular weight is 340 g/mol. The number of benzene rings is 1. The van der Waals surface area contributed by atoms with Crippen LogP contribution >= 0.6 is 0 Å². The van der Waals surface area contributed by atoms with Crippen LogP contribution in [0.4, 0.5) is 10.1 Å². The highest BCUT2D eigenvalue weighted by molar-refractivity contribution is 7.92. The van der Waals surface area contributed by atoms with Crippen LogP contribution < -0.4 is 9.46 Å². The van der Waals surface area contributed by atoms with E-state index < -0.39 is 21.8 Å². The van der Waals surface area contributed by atoms with E-state index in [-0.39, 0.29) is 21.9 Å². The number of nitrogens with zero attached hydrogens (tertiary/aromatic N) is 1. The molecule has 0 aliphatic heterocycles. The van der Waals surface area contributed by atoms with Gasteiger partial charge in [-0.1, -0.05) is 0 Å². The molecule has 0 saturated heterocycles. The first kappa shape index (κ1) is 16.7. The van der Waals surface area contributed by atoms with E-state index in [1.165, 1.54) is 38.6 Å². The Kier molecular flexibility index (Phi) is 4.80. The van der Waals surface area contributed by atoms with Gasteiger partial charge < -0.3 is 9.47 Å². The summed E-state index contributed by atoms with van der Waals surface area (Å²) < 4.78 is 49.8. The fourth-order valence-corrected chi connectivity index (χ4v) is 2.86. The number of rotatable bonds is 5. The van der Waals surface area contributed by atoms with Crippen LogP contribution in [-0.4, -0.2) is 33.6 Å². The average Bonchev–Trinajstić information content (AvgIpc) is 2.55. The van der Waals surface area contributed by atoms with Crippen molar-refractivity contribution in [2.24, 2.45) is 0 Å². The topological polar surface area (TPSA) is 94.6 Å². The molecule has 0 bridgehead atoms. The summed E-state index contributed by atoms with van der Waals surface area (Å²) in [4.78, 5) is 14.9. The van der Waals surface area contributed by atoms with Gasteiger partial charge in [0.2, 0.25) is 0 Å². The van der Waals surface area contributed by atoms with E-state index in [2.05, 4.69) is 14.4 Å². The number of pyridine rings is 1. The van der Waals surface area contributed by atoms with Gasteiger partial charge in [0.05, 0.1) is 31.0 Å². The number of anilines is 1. The second kappa shape index (κ2) is 6.61. The van der Waals surface area contributed by atoms with E-state index in [4.69, 9.17) is 4.74 Å². The minimum Gasteiger partial charge on any atom is -0.496 e. The smallest absolute Gasteiger partial charge is 0.341 e. The largest absolute Gasteiger partial charge is 0.496 e. The predicted molar refractivity (Wildman–Crippen MR) is 79.3 cm³/mol. The van der Waals surface area contributed by atoms with Gasteiger partial charge in [-0.15, -0.1) is 0 Å². The molecule has 0 amide bonds. The van der Waals surface area contributed by atoms with Crippen molar-refractivity contribution >= 4 is 21.7 Å². The highest BCUT2D eigenvalue weighted by Crippen LogP contribution is 2.25. The van der Waals surface area contributed by atoms with Crippen LogP contribution in [0.15, 0.2) is 41.6 Å². The van der Waals surface area contributed by atoms with Crippen molar-refractivity contribution in [2.75, 3.05) is 18.9 Å². The molecule has 1 heterocycles. The minimum absolute atomic E-state index is 0.0231. The van der Waals surface area contributed by atoms with E-state index in [0.29, 0.717) is 0 Å². The molecule has 7 nitrogen and oxygen atoms in total. The number of aromatic nitrogens is 1. The van der Waals surface area contributed by atoms with Gasteiger partial charge >= 0.3 is 5.97 Å². The molecule has 0 radical (unpaired) electrons. The van der Waals surface area contributed by atoms with Gasteiger partial charge in [-0.25, -0.2) is 17.6 Å². The number of hydrogen-bond donors (Lipinski definition) is 1. The number of carbonyl (C=O) groups is 1. The molecule has 0 atom stereocenters. The van der Waals surface area contributed by atoms with Gasteiger partial charge in [0, 0.05) is 12.3 Å². The lowest BCUT2D eigenvalue weighted by Crippen LogP contribution is -2.15. The van der Waals surface area contributed by atoms with Crippen LogP contribution in [0.3, 0.4) is 0 Å². The van der Waals surface area contributed by atoms with Gasteiger partial charge in [-0.3, -0.25) is 9.71 Å². The lowest BCUT2D eigenvalue weighted by molar-refractivity contribution is 0.0597. The Labute approximate surface area is 132 Å². The maximum absolute atomic E-state index is 13.5. The molecule has 2 aromatic rings. The molecule has 1 aromatic heterocycles. The van der Waals surface area contributed by atoms with Gasteiger partial charge in [0.25, 0.3) is 10.0 Å². The lowest BCUT2D eigenvalue weighted by Gasteiger charge is -2.11. The normalized spacial score (nSPS) is 10.9. The molecule has 122 valence electrons. The van der Waals surface area contributed by atoms with Crippen molar-refractivity contribution < 1.29 is 27.1 Å². The number of methoxy groups -OCH3 is 2. The number of halogens is 1. The van der Waals surface area contributed by atoms with Gasteiger partial charge in [-0.05, 0) is 18.2 Å². The van der Waals surface area contributed by atoms with E-state index in [9.17, 15) is 17.6 Å². The number of sulfonamides is 1. The summed E-state index contributed by atoms with van der Waals surface area (Å²) in [6.45, 7) is 0. The minimum atomic E-state index is -4.07. The summed E-state index contributed by atoms with van der Waals surface area (Å²) in [5.41, 5.74) is -0.167. The fourth-order valence-electron chi connectivity index (χ4n) is 1.78. The molecule has 23 heavy (non-hydrogen) atoms. The molecular formula is C14H13FN2O5S. The van der Waals surface area contributed by atoms with Crippen LogP contribution in [-0.2, 0) is 14.8 Å². The maximum atomic E-state index is 13.5. The predicted octanol–water partition coefficient (Wildman–Crippen LogP) is 1.82. The second-order valence-corrected chi connectivity index (χ2v) is 6.00. The third kappa shape index (κ3) is 3.57. The molecule has 0 aliphatic rings. The summed E-state index contributed by atoms with van der Waals surface area (Å²) in [5.74, 6) is -1.46. The summed E-state index contributed by atoms with van der Waals surface area (Å²) in [6.07, 6.45) is 2.14. The Bertz CT molecular complexity index is 839. The molecule has 0 aliphatic carbocycles. The van der Waals surface area contributed by atoms with Crippen LogP contribution in [0, 0.1) is 5.82 Å². The quantitative estimate of drug-likeness (QED) is 0.834. The van der Waals surface area contributed by atoms with Crippen LogP contribution in [0.5, 0.6) is 5.75 Å². The zero-order chi connectivity index (χ0) is 17.0. The zero-order valence-corrected chi connectivity index (χ0v) is 13.1. The van der Waals surface area contributed by atoms with E-state index in [1.807, 2.05) is 0 Å². The van der Waals surface area contributed by atoms with Gasteiger partial charge in [0.15, 0.2) is 5.82 Å². The lowest BCUT2D eigenvalue weighted by atomic mass is 10.2. The Morgan fingerprint density at radius 2 is 2.00 bits per heavy atom. The number of ether oxygens (including phenoxy) is 2. The van der Waals surface area contributed by atoms with Gasteiger partial charge in [0.1, 0.15) is 11.3 Å². The Balaban J connectivity index is 2.41. The number of carbonyl (C=O) groups excluding carboxylic acids is 1. The number of nitrogens with one attached hydrogen (secondary N) is 1. The highest BCUT2D eigenvalue weighted by atomic mass is 32.2. The van der Waals surface area contributed by atoms with Crippen molar-refractivity contribution in [2.45, 2.75) is 4.90 Å². The Morgan fingerprint density at radius 3 is 2.61 bits per heavy atom. The molecule has 0 fully saturated rings. The monoisotopic (exact) mass is 340 g/mol. The third-order valence-corrected chi connectivity index (χ3v) is 4.27. The van der Waals surface area contributed by atoms with Crippen molar-refractivity contribution in [3.05, 3.63) is 48.0 Å². The summed E-state index contributed by atoms with van der Waals surface area (Å²) in [7, 11) is -1.59. The first-order valence-electron chi connectivity index (χ1n) is 6.27. The first-order chi connectivity index (χ1) is 10.9. The number of hydrogen-bond acceptors (Lipinski definition) is 6. The molecule has 2 rings (SSSR count). The summed E-state index contributed by atoms with van der Waals surface area (Å²) in [6, 6.07) is 4.78. The summed E-state index contributed by atoms with van der Waals surface area (Å²) in [5, 5.41) is 0. The van der Waals surface area contributed by atoms with Gasteiger partial charge in [-0.2, -0.15) is 0 Å². The standard InChI is InChI=1S/C14H13FN2O5S/c1-21-13-7-9(3-4-10(13)14(18)22-2)23(19,20)17-12-5-6-16-8-11(12)15/h3-8H,1-2H3,(H,16,17). The van der Waals surface area contributed by atoms with Crippen molar-refractivity contribution in [1.29, 1.82) is 0 Å². The second-order valence-electron chi connectivity index (χ2n) is 4.31. The Morgan fingerprint density at radius 1 is 1.26 bits per heavy atom. The fraction of sp³-hybridized carbons (Fsp3) is 0.143. The van der Waals surface area contributed by atoms with Crippen LogP contribution in [0.2, 0.25) is 0 Å². The molecule has 0 saturated carbocycles. The molecular weight excluding hydrogens is 327 g/mol. The molecule has 9 heteroatoms. The molecule has 0 spiro atoms. The van der Waals surface area contributed by atoms with E-state index >= 15 is 0 Å². The van der Waals surface area contributed by atoms with E-state index in [1.54, 1.807) is 0 Å². The molecule has 0 unspecified atom stereocenters. The first-order valence-corrected chi connectivity index (χ1v) is 7.76.